The average molecular weight is 349 g/mol. The van der Waals surface area contributed by atoms with Gasteiger partial charge in [0, 0.05) is 5.92 Å². The second-order valence-electron chi connectivity index (χ2n) is 4.98. The van der Waals surface area contributed by atoms with Crippen LogP contribution in [0.15, 0.2) is 34.1 Å². The lowest BCUT2D eigenvalue weighted by Gasteiger charge is -2.20. The zero-order valence-corrected chi connectivity index (χ0v) is 13.6. The normalized spacial score (nSPS) is 16.9. The molecule has 0 spiro atoms. The van der Waals surface area contributed by atoms with Gasteiger partial charge in [-0.1, -0.05) is 36.4 Å². The lowest BCUT2D eigenvalue weighted by molar-refractivity contribution is 0.459. The molecule has 1 fully saturated rings. The summed E-state index contributed by atoms with van der Waals surface area (Å²) in [6, 6.07) is 10.3. The Bertz CT molecular complexity index is 586. The molecule has 0 radical (unpaired) electrons. The number of piperidine rings is 1. The van der Waals surface area contributed by atoms with Gasteiger partial charge in [0.25, 0.3) is 0 Å². The fraction of sp³-hybridized carbons (Fsp3) is 0.312. The fourth-order valence-corrected chi connectivity index (χ4v) is 4.08. The van der Waals surface area contributed by atoms with Crippen LogP contribution in [0.25, 0.3) is 12.2 Å². The predicted octanol–water partition coefficient (Wildman–Crippen LogP) is 4.54. The van der Waals surface area contributed by atoms with E-state index in [9.17, 15) is 0 Å². The van der Waals surface area contributed by atoms with Gasteiger partial charge in [-0.15, -0.1) is 11.3 Å². The first kappa shape index (κ1) is 14.0. The van der Waals surface area contributed by atoms with Crippen molar-refractivity contribution in [3.05, 3.63) is 50.4 Å². The Hall–Kier alpha value is -0.970. The van der Waals surface area contributed by atoms with Gasteiger partial charge in [0.1, 0.15) is 0 Å². The highest BCUT2D eigenvalue weighted by molar-refractivity contribution is 9.11. The molecule has 0 bridgehead atoms. The number of hydrogen-bond donors (Lipinski definition) is 1. The number of benzene rings is 1. The SMILES string of the molecule is Brc1sc(C2CCNCC2)nc1C=Cc1ccccc1. The van der Waals surface area contributed by atoms with E-state index in [0.717, 1.165) is 22.6 Å². The highest BCUT2D eigenvalue weighted by Gasteiger charge is 2.19. The van der Waals surface area contributed by atoms with Crippen LogP contribution in [0.4, 0.5) is 0 Å². The van der Waals surface area contributed by atoms with Crippen molar-refractivity contribution in [3.8, 4) is 0 Å². The van der Waals surface area contributed by atoms with Crippen molar-refractivity contribution >= 4 is 39.4 Å². The second-order valence-corrected chi connectivity index (χ2v) is 7.33. The number of hydrogen-bond acceptors (Lipinski definition) is 3. The van der Waals surface area contributed by atoms with Crippen molar-refractivity contribution in [1.82, 2.24) is 10.3 Å². The number of thiazole rings is 1. The zero-order chi connectivity index (χ0) is 13.8. The molecule has 0 saturated carbocycles. The Morgan fingerprint density at radius 3 is 2.65 bits per heavy atom. The molecule has 4 heteroatoms. The summed E-state index contributed by atoms with van der Waals surface area (Å²) in [6.45, 7) is 2.22. The summed E-state index contributed by atoms with van der Waals surface area (Å²) in [5, 5.41) is 4.67. The van der Waals surface area contributed by atoms with E-state index in [-0.39, 0.29) is 0 Å². The van der Waals surface area contributed by atoms with E-state index in [2.05, 4.69) is 57.7 Å². The van der Waals surface area contributed by atoms with Crippen LogP contribution in [0.2, 0.25) is 0 Å². The molecule has 0 unspecified atom stereocenters. The maximum absolute atomic E-state index is 4.81. The molecular weight excluding hydrogens is 332 g/mol. The van der Waals surface area contributed by atoms with Crippen LogP contribution in [0, 0.1) is 0 Å². The first-order valence-electron chi connectivity index (χ1n) is 6.93. The van der Waals surface area contributed by atoms with Gasteiger partial charge in [-0.25, -0.2) is 4.98 Å². The smallest absolute Gasteiger partial charge is 0.0976 e. The maximum Gasteiger partial charge on any atom is 0.0976 e. The summed E-state index contributed by atoms with van der Waals surface area (Å²) < 4.78 is 1.14. The molecule has 1 N–H and O–H groups in total. The Morgan fingerprint density at radius 1 is 1.15 bits per heavy atom. The van der Waals surface area contributed by atoms with Crippen LogP contribution >= 0.6 is 27.3 Å². The van der Waals surface area contributed by atoms with E-state index in [1.54, 1.807) is 11.3 Å². The average Bonchev–Trinajstić information content (AvgIpc) is 2.88. The van der Waals surface area contributed by atoms with E-state index in [1.807, 2.05) is 6.07 Å². The Morgan fingerprint density at radius 2 is 1.90 bits per heavy atom. The molecule has 0 atom stereocenters. The van der Waals surface area contributed by atoms with Crippen molar-refractivity contribution in [3.63, 3.8) is 0 Å². The summed E-state index contributed by atoms with van der Waals surface area (Å²) in [5.41, 5.74) is 2.25. The monoisotopic (exact) mass is 348 g/mol. The molecule has 1 aliphatic heterocycles. The van der Waals surface area contributed by atoms with Gasteiger partial charge in [0.2, 0.25) is 0 Å². The zero-order valence-electron chi connectivity index (χ0n) is 11.2. The van der Waals surface area contributed by atoms with Crippen molar-refractivity contribution in [2.45, 2.75) is 18.8 Å². The molecule has 1 aliphatic rings. The molecule has 2 heterocycles. The molecule has 2 aromatic rings. The summed E-state index contributed by atoms with van der Waals surface area (Å²) in [4.78, 5) is 4.81. The third kappa shape index (κ3) is 3.37. The predicted molar refractivity (Wildman–Crippen MR) is 90.0 cm³/mol. The van der Waals surface area contributed by atoms with E-state index in [0.29, 0.717) is 5.92 Å². The number of halogens is 1. The van der Waals surface area contributed by atoms with Gasteiger partial charge < -0.3 is 5.32 Å². The maximum atomic E-state index is 4.81. The van der Waals surface area contributed by atoms with Crippen LogP contribution in [0.5, 0.6) is 0 Å². The van der Waals surface area contributed by atoms with Gasteiger partial charge >= 0.3 is 0 Å². The highest BCUT2D eigenvalue weighted by Crippen LogP contribution is 2.34. The van der Waals surface area contributed by atoms with E-state index in [1.165, 1.54) is 23.4 Å². The molecular formula is C16H17BrN2S. The van der Waals surface area contributed by atoms with Crippen LogP contribution in [0.1, 0.15) is 35.0 Å². The Balaban J connectivity index is 1.77. The van der Waals surface area contributed by atoms with Crippen LogP contribution < -0.4 is 5.32 Å². The van der Waals surface area contributed by atoms with Crippen LogP contribution in [-0.4, -0.2) is 18.1 Å². The second kappa shape index (κ2) is 6.66. The molecule has 1 aromatic heterocycles. The number of nitrogens with zero attached hydrogens (tertiary/aromatic N) is 1. The quantitative estimate of drug-likeness (QED) is 0.880. The number of aromatic nitrogens is 1. The van der Waals surface area contributed by atoms with Crippen molar-refractivity contribution in [2.24, 2.45) is 0 Å². The molecule has 1 aromatic carbocycles. The molecule has 104 valence electrons. The minimum absolute atomic E-state index is 0.622. The van der Waals surface area contributed by atoms with Crippen molar-refractivity contribution in [2.75, 3.05) is 13.1 Å². The standard InChI is InChI=1S/C16H17BrN2S/c17-15-14(7-6-12-4-2-1-3-5-12)19-16(20-15)13-8-10-18-11-9-13/h1-7,13,18H,8-11H2. The third-order valence-corrected chi connectivity index (χ3v) is 5.46. The van der Waals surface area contributed by atoms with Crippen LogP contribution in [-0.2, 0) is 0 Å². The largest absolute Gasteiger partial charge is 0.317 e. The fourth-order valence-electron chi connectivity index (χ4n) is 2.42. The lowest BCUT2D eigenvalue weighted by Crippen LogP contribution is -2.26. The summed E-state index contributed by atoms with van der Waals surface area (Å²) >= 11 is 5.43. The van der Waals surface area contributed by atoms with Gasteiger partial charge in [0.15, 0.2) is 0 Å². The summed E-state index contributed by atoms with van der Waals surface area (Å²) in [5.74, 6) is 0.622. The Labute approximate surface area is 132 Å². The topological polar surface area (TPSA) is 24.9 Å². The van der Waals surface area contributed by atoms with Crippen molar-refractivity contribution in [1.29, 1.82) is 0 Å². The van der Waals surface area contributed by atoms with Gasteiger partial charge in [-0.2, -0.15) is 0 Å². The molecule has 2 nitrogen and oxygen atoms in total. The van der Waals surface area contributed by atoms with Gasteiger partial charge in [-0.3, -0.25) is 0 Å². The van der Waals surface area contributed by atoms with E-state index < -0.39 is 0 Å². The first-order valence-corrected chi connectivity index (χ1v) is 8.54. The molecule has 3 rings (SSSR count). The third-order valence-electron chi connectivity index (χ3n) is 3.55. The minimum Gasteiger partial charge on any atom is -0.317 e. The van der Waals surface area contributed by atoms with Gasteiger partial charge in [-0.05, 0) is 53.5 Å². The molecule has 1 saturated heterocycles. The Kier molecular flexibility index (Phi) is 4.65. The molecule has 0 aliphatic carbocycles. The van der Waals surface area contributed by atoms with Crippen LogP contribution in [0.3, 0.4) is 0 Å². The summed E-state index contributed by atoms with van der Waals surface area (Å²) in [7, 11) is 0. The lowest BCUT2D eigenvalue weighted by atomic mass is 9.99. The summed E-state index contributed by atoms with van der Waals surface area (Å²) in [6.07, 6.45) is 6.61. The highest BCUT2D eigenvalue weighted by atomic mass is 79.9. The molecule has 0 amide bonds. The minimum atomic E-state index is 0.622. The van der Waals surface area contributed by atoms with E-state index >= 15 is 0 Å². The first-order chi connectivity index (χ1) is 9.83. The van der Waals surface area contributed by atoms with E-state index in [4.69, 9.17) is 4.98 Å². The molecule has 20 heavy (non-hydrogen) atoms. The number of rotatable bonds is 3. The van der Waals surface area contributed by atoms with Crippen molar-refractivity contribution < 1.29 is 0 Å². The van der Waals surface area contributed by atoms with Gasteiger partial charge in [0.05, 0.1) is 14.5 Å². The number of nitrogens with one attached hydrogen (secondary N) is 1.